The summed E-state index contributed by atoms with van der Waals surface area (Å²) in [5.74, 6) is -0.680. The third kappa shape index (κ3) is 3.57. The van der Waals surface area contributed by atoms with Gasteiger partial charge in [0.05, 0.1) is 5.57 Å². The van der Waals surface area contributed by atoms with Gasteiger partial charge in [-0.2, -0.15) is 5.10 Å². The number of hydrazone groups is 1. The van der Waals surface area contributed by atoms with E-state index >= 15 is 0 Å². The molecule has 2 N–H and O–H groups in total. The lowest BCUT2D eigenvalue weighted by atomic mass is 10.1. The van der Waals surface area contributed by atoms with E-state index in [1.165, 1.54) is 50.5 Å². The molecule has 10 nitrogen and oxygen atoms in total. The number of aryl methyl sites for hydroxylation is 1. The van der Waals surface area contributed by atoms with Crippen molar-refractivity contribution in [1.82, 2.24) is 20.1 Å². The molecule has 0 spiro atoms. The number of H-pyrrole nitrogens is 1. The van der Waals surface area contributed by atoms with Crippen LogP contribution in [0.3, 0.4) is 0 Å². The van der Waals surface area contributed by atoms with Crippen molar-refractivity contribution in [1.29, 1.82) is 0 Å². The Bertz CT molecular complexity index is 871. The molecule has 0 saturated carbocycles. The molecule has 0 bridgehead atoms. The number of carbonyl (C=O) groups excluding carboxylic acids is 2. The SMILES string of the molecule is CN=COc1[nH]n(C)c(=O)c1C=CC=C1C(=O)N(C)N=C1C(=O)NC. The zero-order valence-electron chi connectivity index (χ0n) is 14.2. The number of nitrogens with one attached hydrogen (secondary N) is 2. The Hall–Kier alpha value is -3.43. The van der Waals surface area contributed by atoms with Crippen LogP contribution in [0.4, 0.5) is 0 Å². The molecule has 0 saturated heterocycles. The van der Waals surface area contributed by atoms with Crippen LogP contribution in [-0.2, 0) is 16.6 Å². The minimum Gasteiger partial charge on any atom is -0.428 e. The Morgan fingerprint density at radius 3 is 2.72 bits per heavy atom. The van der Waals surface area contributed by atoms with Gasteiger partial charge in [-0.25, -0.2) is 5.01 Å². The first-order valence-corrected chi connectivity index (χ1v) is 7.24. The van der Waals surface area contributed by atoms with Gasteiger partial charge in [0.2, 0.25) is 5.88 Å². The maximum absolute atomic E-state index is 12.1. The molecule has 0 radical (unpaired) electrons. The van der Waals surface area contributed by atoms with E-state index in [1.807, 2.05) is 0 Å². The first-order chi connectivity index (χ1) is 11.9. The standard InChI is InChI=1S/C15H18N6O4/c1-16-8-25-13-10(15(24)21(4)19-13)7-5-6-9-11(12(22)17-2)18-20(3)14(9)23/h5-8,19H,1-4H3,(H,17,22). The normalized spacial score (nSPS) is 16.3. The summed E-state index contributed by atoms with van der Waals surface area (Å²) in [6.45, 7) is 0. The highest BCUT2D eigenvalue weighted by Crippen LogP contribution is 2.16. The number of aromatic amines is 1. The highest BCUT2D eigenvalue weighted by Gasteiger charge is 2.31. The fourth-order valence-electron chi connectivity index (χ4n) is 2.09. The van der Waals surface area contributed by atoms with Crippen LogP contribution in [0.1, 0.15) is 5.56 Å². The van der Waals surface area contributed by atoms with Crippen LogP contribution in [0.2, 0.25) is 0 Å². The summed E-state index contributed by atoms with van der Waals surface area (Å²) in [7, 11) is 5.97. The topological polar surface area (TPSA) is 121 Å². The molecule has 132 valence electrons. The zero-order valence-corrected chi connectivity index (χ0v) is 14.2. The summed E-state index contributed by atoms with van der Waals surface area (Å²) < 4.78 is 6.47. The quantitative estimate of drug-likeness (QED) is 0.414. The predicted octanol–water partition coefficient (Wildman–Crippen LogP) is -0.736. The van der Waals surface area contributed by atoms with Crippen LogP contribution in [0.5, 0.6) is 5.88 Å². The van der Waals surface area contributed by atoms with E-state index in [9.17, 15) is 14.4 Å². The van der Waals surface area contributed by atoms with Crippen LogP contribution in [0.25, 0.3) is 6.08 Å². The van der Waals surface area contributed by atoms with Gasteiger partial charge < -0.3 is 10.1 Å². The molecule has 2 amide bonds. The molecule has 0 aliphatic carbocycles. The number of amides is 2. The highest BCUT2D eigenvalue weighted by atomic mass is 16.5. The smallest absolute Gasteiger partial charge is 0.277 e. The van der Waals surface area contributed by atoms with Crippen LogP contribution < -0.4 is 15.6 Å². The number of hydrogen-bond donors (Lipinski definition) is 2. The van der Waals surface area contributed by atoms with Crippen molar-refractivity contribution in [2.24, 2.45) is 17.1 Å². The van der Waals surface area contributed by atoms with Gasteiger partial charge in [-0.15, -0.1) is 0 Å². The second-order valence-corrected chi connectivity index (χ2v) is 5.00. The average Bonchev–Trinajstić information content (AvgIpc) is 3.03. The largest absolute Gasteiger partial charge is 0.428 e. The van der Waals surface area contributed by atoms with Crippen LogP contribution >= 0.6 is 0 Å². The Kier molecular flexibility index (Phi) is 5.32. The van der Waals surface area contributed by atoms with E-state index in [1.54, 1.807) is 7.05 Å². The molecular weight excluding hydrogens is 328 g/mol. The average molecular weight is 346 g/mol. The Morgan fingerprint density at radius 2 is 2.08 bits per heavy atom. The number of aromatic nitrogens is 2. The van der Waals surface area contributed by atoms with Crippen molar-refractivity contribution in [2.75, 3.05) is 21.1 Å². The van der Waals surface area contributed by atoms with Gasteiger partial charge in [0.25, 0.3) is 17.4 Å². The first-order valence-electron chi connectivity index (χ1n) is 7.24. The molecular formula is C15H18N6O4. The maximum Gasteiger partial charge on any atom is 0.277 e. The number of likely N-dealkylation sites (N-methyl/N-ethyl adjacent to an activating group) is 1. The van der Waals surface area contributed by atoms with Crippen LogP contribution in [0.15, 0.2) is 32.6 Å². The summed E-state index contributed by atoms with van der Waals surface area (Å²) in [4.78, 5) is 39.6. The molecule has 25 heavy (non-hydrogen) atoms. The third-order valence-electron chi connectivity index (χ3n) is 3.32. The van der Waals surface area contributed by atoms with Gasteiger partial charge in [-0.1, -0.05) is 6.08 Å². The molecule has 1 aliphatic heterocycles. The van der Waals surface area contributed by atoms with Gasteiger partial charge in [-0.05, 0) is 12.2 Å². The van der Waals surface area contributed by atoms with Crippen molar-refractivity contribution >= 4 is 30.0 Å². The molecule has 10 heteroatoms. The summed E-state index contributed by atoms with van der Waals surface area (Å²) in [6.07, 6.45) is 5.56. The zero-order chi connectivity index (χ0) is 18.6. The summed E-state index contributed by atoms with van der Waals surface area (Å²) in [5, 5.41) is 10.1. The molecule has 2 heterocycles. The summed E-state index contributed by atoms with van der Waals surface area (Å²) in [5.41, 5.74) is 0.0694. The number of hydrogen-bond acceptors (Lipinski definition) is 6. The number of aliphatic imine (C=N–C) groups is 1. The van der Waals surface area contributed by atoms with E-state index in [0.717, 1.165) is 5.01 Å². The number of carbonyl (C=O) groups is 2. The van der Waals surface area contributed by atoms with E-state index in [0.29, 0.717) is 0 Å². The van der Waals surface area contributed by atoms with Crippen molar-refractivity contribution < 1.29 is 14.3 Å². The number of nitrogens with zero attached hydrogens (tertiary/aromatic N) is 4. The summed E-state index contributed by atoms with van der Waals surface area (Å²) >= 11 is 0. The molecule has 0 atom stereocenters. The highest BCUT2D eigenvalue weighted by molar-refractivity contribution is 6.52. The summed E-state index contributed by atoms with van der Waals surface area (Å²) in [6, 6.07) is 0. The fraction of sp³-hybridized carbons (Fsp3) is 0.267. The Morgan fingerprint density at radius 1 is 1.36 bits per heavy atom. The van der Waals surface area contributed by atoms with Gasteiger partial charge >= 0.3 is 0 Å². The second-order valence-electron chi connectivity index (χ2n) is 5.00. The number of allylic oxidation sites excluding steroid dienone is 2. The monoisotopic (exact) mass is 346 g/mol. The lowest BCUT2D eigenvalue weighted by Crippen LogP contribution is -2.28. The van der Waals surface area contributed by atoms with Crippen molar-refractivity contribution in [3.8, 4) is 5.88 Å². The molecule has 0 unspecified atom stereocenters. The Labute approximate surface area is 143 Å². The van der Waals surface area contributed by atoms with Crippen molar-refractivity contribution in [3.05, 3.63) is 33.6 Å². The molecule has 2 rings (SSSR count). The van der Waals surface area contributed by atoms with Gasteiger partial charge in [0, 0.05) is 28.2 Å². The molecule has 0 fully saturated rings. The van der Waals surface area contributed by atoms with E-state index < -0.39 is 11.8 Å². The minimum atomic E-state index is -0.474. The fourth-order valence-corrected chi connectivity index (χ4v) is 2.09. The van der Waals surface area contributed by atoms with Crippen LogP contribution in [-0.4, -0.2) is 59.9 Å². The van der Waals surface area contributed by atoms with E-state index in [4.69, 9.17) is 4.74 Å². The second kappa shape index (κ2) is 7.43. The van der Waals surface area contributed by atoms with E-state index in [2.05, 4.69) is 20.5 Å². The molecule has 1 aromatic rings. The van der Waals surface area contributed by atoms with Crippen molar-refractivity contribution in [2.45, 2.75) is 0 Å². The maximum atomic E-state index is 12.1. The minimum absolute atomic E-state index is 0.0104. The number of rotatable bonds is 5. The lowest BCUT2D eigenvalue weighted by molar-refractivity contribution is -0.124. The van der Waals surface area contributed by atoms with Gasteiger partial charge in [-0.3, -0.25) is 29.2 Å². The van der Waals surface area contributed by atoms with Crippen molar-refractivity contribution in [3.63, 3.8) is 0 Å². The predicted molar refractivity (Wildman–Crippen MR) is 92.5 cm³/mol. The Balaban J connectivity index is 2.35. The molecule has 1 aromatic heterocycles. The van der Waals surface area contributed by atoms with Gasteiger partial charge in [0.1, 0.15) is 5.56 Å². The first kappa shape index (κ1) is 17.9. The van der Waals surface area contributed by atoms with E-state index in [-0.39, 0.29) is 28.3 Å². The number of ether oxygens (including phenoxy) is 1. The van der Waals surface area contributed by atoms with Crippen LogP contribution in [0, 0.1) is 0 Å². The molecule has 0 aromatic carbocycles. The molecule has 1 aliphatic rings. The van der Waals surface area contributed by atoms with Gasteiger partial charge in [0.15, 0.2) is 12.1 Å². The lowest BCUT2D eigenvalue weighted by Gasteiger charge is -2.00. The third-order valence-corrected chi connectivity index (χ3v) is 3.32.